The fraction of sp³-hybridized carbons (Fsp3) is 0.0400. The van der Waals surface area contributed by atoms with Gasteiger partial charge >= 0.3 is 6.03 Å². The van der Waals surface area contributed by atoms with Gasteiger partial charge < -0.3 is 4.74 Å². The van der Waals surface area contributed by atoms with Gasteiger partial charge in [-0.05, 0) is 54.1 Å². The van der Waals surface area contributed by atoms with Gasteiger partial charge in [-0.3, -0.25) is 14.9 Å². The first kappa shape index (κ1) is 22.0. The molecule has 8 heteroatoms. The molecule has 0 radical (unpaired) electrons. The van der Waals surface area contributed by atoms with Crippen LogP contribution in [0.15, 0.2) is 82.8 Å². The van der Waals surface area contributed by atoms with Gasteiger partial charge in [-0.15, -0.1) is 0 Å². The van der Waals surface area contributed by atoms with Crippen molar-refractivity contribution in [1.82, 2.24) is 5.32 Å². The SMILES string of the molecule is N#Cc1ccccc1COc1ccc(C=C2C(=O)NC(=O)N(c3ccc(Br)cc3)C2=O)cc1. The van der Waals surface area contributed by atoms with Gasteiger partial charge in [0.1, 0.15) is 17.9 Å². The highest BCUT2D eigenvalue weighted by Crippen LogP contribution is 2.24. The van der Waals surface area contributed by atoms with E-state index in [1.165, 1.54) is 6.08 Å². The van der Waals surface area contributed by atoms with Crippen molar-refractivity contribution < 1.29 is 19.1 Å². The van der Waals surface area contributed by atoms with Crippen LogP contribution in [0.4, 0.5) is 10.5 Å². The Morgan fingerprint density at radius 2 is 1.67 bits per heavy atom. The minimum atomic E-state index is -0.800. The Bertz CT molecular complexity index is 1310. The van der Waals surface area contributed by atoms with E-state index in [9.17, 15) is 19.6 Å². The maximum atomic E-state index is 12.9. The lowest BCUT2D eigenvalue weighted by atomic mass is 10.1. The van der Waals surface area contributed by atoms with Gasteiger partial charge in [0.25, 0.3) is 11.8 Å². The van der Waals surface area contributed by atoms with E-state index in [-0.39, 0.29) is 12.2 Å². The molecule has 1 N–H and O–H groups in total. The number of halogens is 1. The molecule has 1 fully saturated rings. The van der Waals surface area contributed by atoms with E-state index >= 15 is 0 Å². The molecule has 3 aromatic carbocycles. The van der Waals surface area contributed by atoms with Gasteiger partial charge in [-0.2, -0.15) is 5.26 Å². The molecule has 162 valence electrons. The number of urea groups is 1. The highest BCUT2D eigenvalue weighted by molar-refractivity contribution is 9.10. The number of rotatable bonds is 5. The smallest absolute Gasteiger partial charge is 0.335 e. The third-order valence-electron chi connectivity index (χ3n) is 4.91. The summed E-state index contributed by atoms with van der Waals surface area (Å²) in [7, 11) is 0. The van der Waals surface area contributed by atoms with Crippen LogP contribution in [-0.4, -0.2) is 17.8 Å². The van der Waals surface area contributed by atoms with Crippen molar-refractivity contribution >= 4 is 45.5 Å². The summed E-state index contributed by atoms with van der Waals surface area (Å²) >= 11 is 3.31. The van der Waals surface area contributed by atoms with Crippen LogP contribution in [0.5, 0.6) is 5.75 Å². The fourth-order valence-electron chi connectivity index (χ4n) is 3.23. The zero-order valence-corrected chi connectivity index (χ0v) is 18.7. The molecule has 1 aliphatic rings. The van der Waals surface area contributed by atoms with Gasteiger partial charge in [0, 0.05) is 10.0 Å². The minimum absolute atomic E-state index is 0.158. The van der Waals surface area contributed by atoms with Gasteiger partial charge in [-0.25, -0.2) is 9.69 Å². The van der Waals surface area contributed by atoms with Crippen LogP contribution in [0.2, 0.25) is 0 Å². The van der Waals surface area contributed by atoms with Crippen molar-refractivity contribution in [3.05, 3.63) is 99.5 Å². The summed E-state index contributed by atoms with van der Waals surface area (Å²) in [5, 5.41) is 11.4. The quantitative estimate of drug-likeness (QED) is 0.407. The third-order valence-corrected chi connectivity index (χ3v) is 5.44. The number of carbonyl (C=O) groups excluding carboxylic acids is 3. The van der Waals surface area contributed by atoms with E-state index in [0.717, 1.165) is 14.9 Å². The van der Waals surface area contributed by atoms with Crippen molar-refractivity contribution in [3.8, 4) is 11.8 Å². The molecular formula is C25H16BrN3O4. The maximum Gasteiger partial charge on any atom is 0.335 e. The lowest BCUT2D eigenvalue weighted by Crippen LogP contribution is -2.54. The predicted octanol–water partition coefficient (Wildman–Crippen LogP) is 4.57. The van der Waals surface area contributed by atoms with Gasteiger partial charge in [0.2, 0.25) is 0 Å². The van der Waals surface area contributed by atoms with Gasteiger partial charge in [0.15, 0.2) is 0 Å². The van der Waals surface area contributed by atoms with E-state index in [0.29, 0.717) is 22.6 Å². The molecule has 0 bridgehead atoms. The first-order valence-corrected chi connectivity index (χ1v) is 10.6. The molecule has 3 aromatic rings. The second kappa shape index (κ2) is 9.51. The number of nitrogens with zero attached hydrogens (tertiary/aromatic N) is 2. The van der Waals surface area contributed by atoms with Crippen molar-refractivity contribution in [2.45, 2.75) is 6.61 Å². The highest BCUT2D eigenvalue weighted by atomic mass is 79.9. The number of ether oxygens (including phenoxy) is 1. The van der Waals surface area contributed by atoms with Gasteiger partial charge in [0.05, 0.1) is 17.3 Å². The van der Waals surface area contributed by atoms with Crippen molar-refractivity contribution in [2.24, 2.45) is 0 Å². The Kier molecular flexibility index (Phi) is 6.33. The Hall–Kier alpha value is -4.22. The van der Waals surface area contributed by atoms with E-state index in [1.807, 2.05) is 12.1 Å². The zero-order valence-electron chi connectivity index (χ0n) is 17.1. The topological polar surface area (TPSA) is 99.5 Å². The number of hydrogen-bond donors (Lipinski definition) is 1. The van der Waals surface area contributed by atoms with Crippen LogP contribution in [0.1, 0.15) is 16.7 Å². The van der Waals surface area contributed by atoms with E-state index < -0.39 is 17.8 Å². The number of hydrogen-bond acceptors (Lipinski definition) is 5. The summed E-state index contributed by atoms with van der Waals surface area (Å²) < 4.78 is 6.54. The molecule has 4 amide bonds. The number of anilines is 1. The molecule has 0 atom stereocenters. The summed E-state index contributed by atoms with van der Waals surface area (Å²) in [6.45, 7) is 0.231. The molecule has 1 aliphatic heterocycles. The standard InChI is InChI=1S/C25H16BrN3O4/c26-19-7-9-20(10-8-19)29-24(31)22(23(30)28-25(29)32)13-16-5-11-21(12-6-16)33-15-18-4-2-1-3-17(18)14-27/h1-13H,15H2,(H,28,30,32). The number of imide groups is 2. The number of amides is 4. The molecule has 1 heterocycles. The monoisotopic (exact) mass is 501 g/mol. The number of nitriles is 1. The van der Waals surface area contributed by atoms with Crippen molar-refractivity contribution in [1.29, 1.82) is 5.26 Å². The molecule has 0 saturated carbocycles. The Morgan fingerprint density at radius 3 is 2.36 bits per heavy atom. The van der Waals surface area contributed by atoms with Crippen LogP contribution in [0.3, 0.4) is 0 Å². The summed E-state index contributed by atoms with van der Waals surface area (Å²) in [6.07, 6.45) is 1.42. The lowest BCUT2D eigenvalue weighted by molar-refractivity contribution is -0.122. The number of nitrogens with one attached hydrogen (secondary N) is 1. The number of barbiturate groups is 1. The van der Waals surface area contributed by atoms with E-state index in [2.05, 4.69) is 27.3 Å². The summed E-state index contributed by atoms with van der Waals surface area (Å²) in [5.74, 6) is -0.901. The summed E-state index contributed by atoms with van der Waals surface area (Å²) in [5.41, 5.74) is 2.09. The van der Waals surface area contributed by atoms with E-state index in [1.54, 1.807) is 60.7 Å². The first-order chi connectivity index (χ1) is 16.0. The average molecular weight is 502 g/mol. The van der Waals surface area contributed by atoms with Crippen LogP contribution in [-0.2, 0) is 16.2 Å². The lowest BCUT2D eigenvalue weighted by Gasteiger charge is -2.26. The van der Waals surface area contributed by atoms with Gasteiger partial charge in [-0.1, -0.05) is 46.3 Å². The molecule has 0 aliphatic carbocycles. The first-order valence-electron chi connectivity index (χ1n) is 9.84. The Morgan fingerprint density at radius 1 is 0.970 bits per heavy atom. The van der Waals surface area contributed by atoms with Crippen LogP contribution in [0.25, 0.3) is 6.08 Å². The largest absolute Gasteiger partial charge is 0.489 e. The summed E-state index contributed by atoms with van der Waals surface area (Å²) in [4.78, 5) is 38.5. The number of carbonyl (C=O) groups is 3. The highest BCUT2D eigenvalue weighted by Gasteiger charge is 2.36. The van der Waals surface area contributed by atoms with Crippen molar-refractivity contribution in [3.63, 3.8) is 0 Å². The molecular weight excluding hydrogens is 486 g/mol. The molecule has 1 saturated heterocycles. The molecule has 4 rings (SSSR count). The normalized spacial score (nSPS) is 14.7. The minimum Gasteiger partial charge on any atom is -0.489 e. The molecule has 0 unspecified atom stereocenters. The second-order valence-corrected chi connectivity index (χ2v) is 7.98. The van der Waals surface area contributed by atoms with E-state index in [4.69, 9.17) is 4.74 Å². The molecule has 33 heavy (non-hydrogen) atoms. The maximum absolute atomic E-state index is 12.9. The molecule has 7 nitrogen and oxygen atoms in total. The predicted molar refractivity (Wildman–Crippen MR) is 125 cm³/mol. The second-order valence-electron chi connectivity index (χ2n) is 7.06. The number of benzene rings is 3. The summed E-state index contributed by atoms with van der Waals surface area (Å²) in [6, 6.07) is 21.9. The molecule has 0 aromatic heterocycles. The van der Waals surface area contributed by atoms with Crippen LogP contribution >= 0.6 is 15.9 Å². The molecule has 0 spiro atoms. The fourth-order valence-corrected chi connectivity index (χ4v) is 3.49. The average Bonchev–Trinajstić information content (AvgIpc) is 2.82. The Balaban J connectivity index is 1.52. The zero-order chi connectivity index (χ0) is 23.4. The third kappa shape index (κ3) is 4.84. The van der Waals surface area contributed by atoms with Crippen molar-refractivity contribution in [2.75, 3.05) is 4.90 Å². The van der Waals surface area contributed by atoms with Crippen LogP contribution < -0.4 is 15.0 Å². The van der Waals surface area contributed by atoms with Crippen LogP contribution in [0, 0.1) is 11.3 Å². The Labute approximate surface area is 198 Å².